The van der Waals surface area contributed by atoms with Crippen molar-refractivity contribution in [3.8, 4) is 0 Å². The Labute approximate surface area is 138 Å². The number of amides is 1. The molecule has 2 aromatic heterocycles. The maximum atomic E-state index is 12.6. The van der Waals surface area contributed by atoms with Gasteiger partial charge < -0.3 is 4.42 Å². The van der Waals surface area contributed by atoms with Crippen LogP contribution in [-0.4, -0.2) is 27.5 Å². The van der Waals surface area contributed by atoms with Crippen LogP contribution in [0.2, 0.25) is 0 Å². The van der Waals surface area contributed by atoms with E-state index in [1.54, 1.807) is 35.5 Å². The number of hydrogen-bond acceptors (Lipinski definition) is 5. The van der Waals surface area contributed by atoms with Crippen molar-refractivity contribution >= 4 is 34.6 Å². The van der Waals surface area contributed by atoms with Crippen molar-refractivity contribution in [3.63, 3.8) is 0 Å². The predicted octanol–water partition coefficient (Wildman–Crippen LogP) is 3.77. The Morgan fingerprint density at radius 1 is 1.43 bits per heavy atom. The molecule has 2 aromatic rings. The molecule has 1 amide bonds. The molecule has 1 aliphatic rings. The summed E-state index contributed by atoms with van der Waals surface area (Å²) in [7, 11) is 0. The number of aliphatic imine (C=N–C) groups is 1. The lowest BCUT2D eigenvalue weighted by atomic mass is 10.3. The standard InChI is InChI=1S/C17H15N3O2S/c1-3-9-20-16(21)15(10-14-7-6-12(2)22-14)23-17(20)19-13-5-4-8-18-11-13/h3-8,10-11H,1,9H2,2H3/b15-10+,19-17?. The summed E-state index contributed by atoms with van der Waals surface area (Å²) in [5.41, 5.74) is 0.701. The van der Waals surface area contributed by atoms with Crippen molar-refractivity contribution in [1.29, 1.82) is 0 Å². The van der Waals surface area contributed by atoms with Gasteiger partial charge in [-0.1, -0.05) is 6.08 Å². The molecule has 0 atom stereocenters. The Kier molecular flexibility index (Phi) is 4.43. The highest BCUT2D eigenvalue weighted by molar-refractivity contribution is 8.18. The van der Waals surface area contributed by atoms with E-state index in [1.807, 2.05) is 25.1 Å². The van der Waals surface area contributed by atoms with Crippen LogP contribution in [0.5, 0.6) is 0 Å². The Bertz CT molecular complexity index is 793. The number of amidine groups is 1. The number of nitrogens with zero attached hydrogens (tertiary/aromatic N) is 3. The van der Waals surface area contributed by atoms with Crippen LogP contribution in [0.25, 0.3) is 6.08 Å². The SMILES string of the molecule is C=CCN1C(=O)/C(=C\c2ccc(C)o2)SC1=Nc1cccnc1. The molecule has 0 aromatic carbocycles. The Hall–Kier alpha value is -2.60. The lowest BCUT2D eigenvalue weighted by molar-refractivity contribution is -0.121. The van der Waals surface area contributed by atoms with Crippen molar-refractivity contribution in [2.75, 3.05) is 6.54 Å². The Morgan fingerprint density at radius 2 is 2.30 bits per heavy atom. The van der Waals surface area contributed by atoms with E-state index in [4.69, 9.17) is 4.42 Å². The van der Waals surface area contributed by atoms with Crippen molar-refractivity contribution in [2.24, 2.45) is 4.99 Å². The minimum Gasteiger partial charge on any atom is -0.462 e. The largest absolute Gasteiger partial charge is 0.462 e. The van der Waals surface area contributed by atoms with Crippen LogP contribution in [0.4, 0.5) is 5.69 Å². The highest BCUT2D eigenvalue weighted by atomic mass is 32.2. The number of hydrogen-bond donors (Lipinski definition) is 0. The van der Waals surface area contributed by atoms with Crippen molar-refractivity contribution in [3.05, 3.63) is 65.7 Å². The summed E-state index contributed by atoms with van der Waals surface area (Å²) in [4.78, 5) is 23.3. The fourth-order valence-electron chi connectivity index (χ4n) is 2.07. The molecule has 116 valence electrons. The van der Waals surface area contributed by atoms with Gasteiger partial charge in [0, 0.05) is 18.8 Å². The van der Waals surface area contributed by atoms with E-state index >= 15 is 0 Å². The fraction of sp³-hybridized carbons (Fsp3) is 0.118. The van der Waals surface area contributed by atoms with E-state index in [9.17, 15) is 4.79 Å². The van der Waals surface area contributed by atoms with Crippen LogP contribution < -0.4 is 0 Å². The third-order valence-corrected chi connectivity index (χ3v) is 4.11. The topological polar surface area (TPSA) is 58.7 Å². The minimum absolute atomic E-state index is 0.105. The van der Waals surface area contributed by atoms with E-state index in [0.29, 0.717) is 28.1 Å². The van der Waals surface area contributed by atoms with Gasteiger partial charge in [-0.2, -0.15) is 0 Å². The summed E-state index contributed by atoms with van der Waals surface area (Å²) >= 11 is 1.32. The van der Waals surface area contributed by atoms with Gasteiger partial charge in [0.25, 0.3) is 5.91 Å². The smallest absolute Gasteiger partial charge is 0.267 e. The molecule has 6 heteroatoms. The van der Waals surface area contributed by atoms with E-state index in [2.05, 4.69) is 16.6 Å². The lowest BCUT2D eigenvalue weighted by Crippen LogP contribution is -2.29. The zero-order chi connectivity index (χ0) is 16.2. The number of rotatable bonds is 4. The third-order valence-electron chi connectivity index (χ3n) is 3.10. The van der Waals surface area contributed by atoms with E-state index < -0.39 is 0 Å². The van der Waals surface area contributed by atoms with Crippen LogP contribution in [0, 0.1) is 6.92 Å². The number of furan rings is 1. The van der Waals surface area contributed by atoms with Crippen molar-refractivity contribution < 1.29 is 9.21 Å². The van der Waals surface area contributed by atoms with E-state index in [-0.39, 0.29) is 5.91 Å². The fourth-order valence-corrected chi connectivity index (χ4v) is 3.06. The average Bonchev–Trinajstić information content (AvgIpc) is 3.08. The van der Waals surface area contributed by atoms with Crippen molar-refractivity contribution in [1.82, 2.24) is 9.88 Å². The number of carbonyl (C=O) groups is 1. The third kappa shape index (κ3) is 3.43. The van der Waals surface area contributed by atoms with Gasteiger partial charge in [0.2, 0.25) is 0 Å². The molecule has 1 fully saturated rings. The molecule has 0 radical (unpaired) electrons. The second-order valence-electron chi connectivity index (χ2n) is 4.87. The Morgan fingerprint density at radius 3 is 2.96 bits per heavy atom. The average molecular weight is 325 g/mol. The van der Waals surface area contributed by atoms with Crippen LogP contribution in [0.15, 0.2) is 63.6 Å². The van der Waals surface area contributed by atoms with Gasteiger partial charge in [-0.05, 0) is 43.0 Å². The summed E-state index contributed by atoms with van der Waals surface area (Å²) in [6.45, 7) is 5.97. The highest BCUT2D eigenvalue weighted by Crippen LogP contribution is 2.34. The van der Waals surface area contributed by atoms with Gasteiger partial charge in [0.05, 0.1) is 16.8 Å². The van der Waals surface area contributed by atoms with Crippen molar-refractivity contribution in [2.45, 2.75) is 6.92 Å². The van der Waals surface area contributed by atoms with Crippen LogP contribution in [-0.2, 0) is 4.79 Å². The first-order valence-electron chi connectivity index (χ1n) is 7.05. The molecule has 0 aliphatic carbocycles. The van der Waals surface area contributed by atoms with E-state index in [1.165, 1.54) is 11.8 Å². The quantitative estimate of drug-likeness (QED) is 0.634. The second-order valence-corrected chi connectivity index (χ2v) is 5.88. The molecule has 0 saturated carbocycles. The molecular weight excluding hydrogens is 310 g/mol. The first-order chi connectivity index (χ1) is 11.2. The minimum atomic E-state index is -0.105. The maximum absolute atomic E-state index is 12.6. The summed E-state index contributed by atoms with van der Waals surface area (Å²) in [5, 5.41) is 0.609. The van der Waals surface area contributed by atoms with Crippen LogP contribution >= 0.6 is 11.8 Å². The molecule has 1 aliphatic heterocycles. The van der Waals surface area contributed by atoms with Gasteiger partial charge in [-0.15, -0.1) is 6.58 Å². The van der Waals surface area contributed by atoms with Crippen LogP contribution in [0.1, 0.15) is 11.5 Å². The molecular formula is C17H15N3O2S. The first kappa shape index (κ1) is 15.3. The van der Waals surface area contributed by atoms with E-state index in [0.717, 1.165) is 5.76 Å². The Balaban J connectivity index is 1.94. The molecule has 3 heterocycles. The zero-order valence-electron chi connectivity index (χ0n) is 12.6. The number of thioether (sulfide) groups is 1. The summed E-state index contributed by atoms with van der Waals surface area (Å²) in [6, 6.07) is 7.35. The normalized spacial score (nSPS) is 18.1. The van der Waals surface area contributed by atoms with Gasteiger partial charge >= 0.3 is 0 Å². The lowest BCUT2D eigenvalue weighted by Gasteiger charge is -2.12. The molecule has 1 saturated heterocycles. The number of aryl methyl sites for hydroxylation is 1. The second kappa shape index (κ2) is 6.66. The molecule has 0 unspecified atom stereocenters. The molecule has 5 nitrogen and oxygen atoms in total. The molecule has 23 heavy (non-hydrogen) atoms. The molecule has 3 rings (SSSR count). The summed E-state index contributed by atoms with van der Waals surface area (Å²) in [6.07, 6.45) is 6.75. The predicted molar refractivity (Wildman–Crippen MR) is 92.3 cm³/mol. The molecule has 0 N–H and O–H groups in total. The monoisotopic (exact) mass is 325 g/mol. The first-order valence-corrected chi connectivity index (χ1v) is 7.86. The van der Waals surface area contributed by atoms with Gasteiger partial charge in [0.1, 0.15) is 11.5 Å². The highest BCUT2D eigenvalue weighted by Gasteiger charge is 2.32. The number of carbonyl (C=O) groups excluding carboxylic acids is 1. The summed E-state index contributed by atoms with van der Waals surface area (Å²) in [5.74, 6) is 1.35. The van der Waals surface area contributed by atoms with Gasteiger partial charge in [-0.25, -0.2) is 4.99 Å². The van der Waals surface area contributed by atoms with Crippen LogP contribution in [0.3, 0.4) is 0 Å². The summed E-state index contributed by atoms with van der Waals surface area (Å²) < 4.78 is 5.51. The molecule has 0 bridgehead atoms. The number of pyridine rings is 1. The maximum Gasteiger partial charge on any atom is 0.267 e. The number of aromatic nitrogens is 1. The van der Waals surface area contributed by atoms with Gasteiger partial charge in [0.15, 0.2) is 5.17 Å². The zero-order valence-corrected chi connectivity index (χ0v) is 13.4. The van der Waals surface area contributed by atoms with Gasteiger partial charge in [-0.3, -0.25) is 14.7 Å². The molecule has 0 spiro atoms.